The van der Waals surface area contributed by atoms with Crippen LogP contribution in [-0.2, 0) is 14.3 Å². The molecule has 0 aromatic heterocycles. The molecular weight excluding hydrogens is 136 g/mol. The zero-order chi connectivity index (χ0) is 8.15. The predicted octanol–water partition coefficient (Wildman–Crippen LogP) is 0.246. The first-order valence-electron chi connectivity index (χ1n) is 2.61. The van der Waals surface area contributed by atoms with Crippen molar-refractivity contribution in [1.29, 1.82) is 0 Å². The van der Waals surface area contributed by atoms with E-state index < -0.39 is 12.3 Å². The van der Waals surface area contributed by atoms with E-state index in [2.05, 4.69) is 16.1 Å². The molecule has 0 aliphatic rings. The smallest absolute Gasteiger partial charge is 0.336 e. The normalized spacial score (nSPS) is 9.90. The van der Waals surface area contributed by atoms with Gasteiger partial charge in [-0.3, -0.25) is 0 Å². The van der Waals surface area contributed by atoms with Crippen LogP contribution in [-0.4, -0.2) is 31.6 Å². The summed E-state index contributed by atoms with van der Waals surface area (Å²) < 4.78 is 9.24. The van der Waals surface area contributed by atoms with Crippen molar-refractivity contribution in [2.75, 3.05) is 14.2 Å². The van der Waals surface area contributed by atoms with Crippen molar-refractivity contribution >= 4 is 5.97 Å². The van der Waals surface area contributed by atoms with Gasteiger partial charge < -0.3 is 14.6 Å². The zero-order valence-electron chi connectivity index (χ0n) is 5.96. The first-order chi connectivity index (χ1) is 4.63. The molecule has 0 aromatic carbocycles. The number of rotatable bonds is 4. The van der Waals surface area contributed by atoms with Crippen molar-refractivity contribution < 1.29 is 19.4 Å². The second kappa shape index (κ2) is 4.03. The molecule has 0 unspecified atom stereocenters. The van der Waals surface area contributed by atoms with E-state index >= 15 is 0 Å². The minimum Gasteiger partial charge on any atom is -0.478 e. The summed E-state index contributed by atoms with van der Waals surface area (Å²) in [6.45, 7) is 3.25. The maximum Gasteiger partial charge on any atom is 0.336 e. The quantitative estimate of drug-likeness (QED) is 0.456. The molecule has 4 nitrogen and oxygen atoms in total. The van der Waals surface area contributed by atoms with Crippen molar-refractivity contribution in [1.82, 2.24) is 0 Å². The van der Waals surface area contributed by atoms with Crippen molar-refractivity contribution in [3.63, 3.8) is 0 Å². The summed E-state index contributed by atoms with van der Waals surface area (Å²) in [5, 5.41) is 8.36. The molecule has 0 radical (unpaired) electrons. The van der Waals surface area contributed by atoms with Gasteiger partial charge in [-0.2, -0.15) is 0 Å². The van der Waals surface area contributed by atoms with Gasteiger partial charge in [0, 0.05) is 14.2 Å². The molecule has 58 valence electrons. The molecule has 0 fully saturated rings. The van der Waals surface area contributed by atoms with Crippen LogP contribution in [0, 0.1) is 0 Å². The van der Waals surface area contributed by atoms with Gasteiger partial charge in [0.2, 0.25) is 0 Å². The van der Waals surface area contributed by atoms with Crippen LogP contribution in [0.1, 0.15) is 0 Å². The number of aliphatic carboxylic acids is 1. The molecule has 4 heteroatoms. The van der Waals surface area contributed by atoms with Gasteiger partial charge >= 0.3 is 5.97 Å². The number of carbonyl (C=O) groups is 1. The van der Waals surface area contributed by atoms with E-state index in [1.54, 1.807) is 0 Å². The fraction of sp³-hybridized carbons (Fsp3) is 0.500. The average Bonchev–Trinajstić information content (AvgIpc) is 1.90. The first-order valence-corrected chi connectivity index (χ1v) is 2.61. The molecular formula is C6H10O4. The molecule has 0 atom stereocenters. The Morgan fingerprint density at radius 2 is 1.90 bits per heavy atom. The second-order valence-electron chi connectivity index (χ2n) is 1.63. The van der Waals surface area contributed by atoms with Crippen molar-refractivity contribution in [3.05, 3.63) is 12.2 Å². The van der Waals surface area contributed by atoms with Gasteiger partial charge in [0.1, 0.15) is 0 Å². The van der Waals surface area contributed by atoms with Crippen LogP contribution in [0.2, 0.25) is 0 Å². The number of ether oxygens (including phenoxy) is 2. The van der Waals surface area contributed by atoms with Crippen LogP contribution in [0.3, 0.4) is 0 Å². The maximum absolute atomic E-state index is 10.2. The van der Waals surface area contributed by atoms with Gasteiger partial charge in [-0.1, -0.05) is 6.58 Å². The molecule has 0 saturated carbocycles. The lowest BCUT2D eigenvalue weighted by atomic mass is 10.3. The lowest BCUT2D eigenvalue weighted by Gasteiger charge is -2.11. The van der Waals surface area contributed by atoms with Crippen LogP contribution in [0.25, 0.3) is 0 Å². The van der Waals surface area contributed by atoms with E-state index in [9.17, 15) is 4.79 Å². The van der Waals surface area contributed by atoms with Crippen LogP contribution in [0.15, 0.2) is 12.2 Å². The minimum absolute atomic E-state index is 0.106. The van der Waals surface area contributed by atoms with Gasteiger partial charge in [0.05, 0.1) is 5.57 Å². The van der Waals surface area contributed by atoms with E-state index in [1.807, 2.05) is 0 Å². The number of methoxy groups -OCH3 is 2. The summed E-state index contributed by atoms with van der Waals surface area (Å²) in [6.07, 6.45) is -0.850. The van der Waals surface area contributed by atoms with Gasteiger partial charge in [0.15, 0.2) is 6.29 Å². The van der Waals surface area contributed by atoms with Crippen LogP contribution < -0.4 is 0 Å². The standard InChI is InChI=1S/C6H10O4/c1-4(5(7)8)6(9-2)10-3/h6H,1H2,2-3H3,(H,7,8). The Bertz CT molecular complexity index is 137. The van der Waals surface area contributed by atoms with Crippen LogP contribution in [0.5, 0.6) is 0 Å². The highest BCUT2D eigenvalue weighted by Gasteiger charge is 2.15. The van der Waals surface area contributed by atoms with Gasteiger partial charge in [-0.05, 0) is 0 Å². The van der Waals surface area contributed by atoms with Crippen LogP contribution >= 0.6 is 0 Å². The molecule has 10 heavy (non-hydrogen) atoms. The van der Waals surface area contributed by atoms with E-state index in [-0.39, 0.29) is 5.57 Å². The predicted molar refractivity (Wildman–Crippen MR) is 34.6 cm³/mol. The molecule has 1 N–H and O–H groups in total. The lowest BCUT2D eigenvalue weighted by Crippen LogP contribution is -2.20. The average molecular weight is 146 g/mol. The Morgan fingerprint density at radius 3 is 2.00 bits per heavy atom. The molecule has 0 aromatic rings. The largest absolute Gasteiger partial charge is 0.478 e. The van der Waals surface area contributed by atoms with Crippen molar-refractivity contribution in [3.8, 4) is 0 Å². The second-order valence-corrected chi connectivity index (χ2v) is 1.63. The molecule has 0 aliphatic heterocycles. The molecule has 0 saturated heterocycles. The van der Waals surface area contributed by atoms with Crippen LogP contribution in [0.4, 0.5) is 0 Å². The van der Waals surface area contributed by atoms with Crippen molar-refractivity contribution in [2.24, 2.45) is 0 Å². The van der Waals surface area contributed by atoms with E-state index in [1.165, 1.54) is 14.2 Å². The molecule has 0 heterocycles. The third kappa shape index (κ3) is 2.16. The molecule has 0 aliphatic carbocycles. The van der Waals surface area contributed by atoms with Gasteiger partial charge in [-0.15, -0.1) is 0 Å². The monoisotopic (exact) mass is 146 g/mol. The molecule has 0 amide bonds. The van der Waals surface area contributed by atoms with Gasteiger partial charge in [0.25, 0.3) is 0 Å². The SMILES string of the molecule is C=C(C(=O)O)C(OC)OC. The van der Waals surface area contributed by atoms with Gasteiger partial charge in [-0.25, -0.2) is 4.79 Å². The zero-order valence-corrected chi connectivity index (χ0v) is 5.96. The third-order valence-electron chi connectivity index (χ3n) is 0.987. The highest BCUT2D eigenvalue weighted by atomic mass is 16.7. The molecule has 0 bridgehead atoms. The topological polar surface area (TPSA) is 55.8 Å². The van der Waals surface area contributed by atoms with E-state index in [0.29, 0.717) is 0 Å². The summed E-state index contributed by atoms with van der Waals surface area (Å²) in [5.74, 6) is -1.12. The Kier molecular flexibility index (Phi) is 3.68. The van der Waals surface area contributed by atoms with Crippen molar-refractivity contribution in [2.45, 2.75) is 6.29 Å². The maximum atomic E-state index is 10.2. The summed E-state index contributed by atoms with van der Waals surface area (Å²) in [5.41, 5.74) is -0.106. The van der Waals surface area contributed by atoms with E-state index in [4.69, 9.17) is 5.11 Å². The summed E-state index contributed by atoms with van der Waals surface area (Å²) in [4.78, 5) is 10.2. The number of hydrogen-bond acceptors (Lipinski definition) is 3. The number of carboxylic acid groups (broad SMARTS) is 1. The fourth-order valence-electron chi connectivity index (χ4n) is 0.482. The summed E-state index contributed by atoms with van der Waals surface area (Å²) >= 11 is 0. The number of hydrogen-bond donors (Lipinski definition) is 1. The highest BCUT2D eigenvalue weighted by Crippen LogP contribution is 2.03. The number of carboxylic acids is 1. The third-order valence-corrected chi connectivity index (χ3v) is 0.987. The van der Waals surface area contributed by atoms with E-state index in [0.717, 1.165) is 0 Å². The Morgan fingerprint density at radius 1 is 1.50 bits per heavy atom. The minimum atomic E-state index is -1.12. The highest BCUT2D eigenvalue weighted by molar-refractivity contribution is 5.86. The Balaban J connectivity index is 4.02. The Labute approximate surface area is 59.1 Å². The summed E-state index contributed by atoms with van der Waals surface area (Å²) in [6, 6.07) is 0. The fourth-order valence-corrected chi connectivity index (χ4v) is 0.482. The molecule has 0 spiro atoms. The first kappa shape index (κ1) is 9.13. The lowest BCUT2D eigenvalue weighted by molar-refractivity contribution is -0.139. The Hall–Kier alpha value is -0.870. The molecule has 0 rings (SSSR count). The summed E-state index contributed by atoms with van der Waals surface area (Å²) in [7, 11) is 2.70.